The van der Waals surface area contributed by atoms with Crippen molar-refractivity contribution in [2.24, 2.45) is 0 Å². The Balaban J connectivity index is 2.26. The number of unbranched alkanes of at least 4 members (excludes halogenated alkanes) is 6. The number of aryl methyl sites for hydroxylation is 1. The minimum atomic E-state index is -0.994. The lowest BCUT2D eigenvalue weighted by molar-refractivity contribution is 0.209. The molecule has 3 heteroatoms. The largest absolute Gasteiger partial charge is 0.465 e. The Morgan fingerprint density at radius 2 is 1.68 bits per heavy atom. The summed E-state index contributed by atoms with van der Waals surface area (Å²) in [6, 6.07) is 7.65. The summed E-state index contributed by atoms with van der Waals surface area (Å²) >= 11 is 0. The van der Waals surface area contributed by atoms with Crippen LogP contribution in [0.1, 0.15) is 57.4 Å². The van der Waals surface area contributed by atoms with Crippen molar-refractivity contribution < 1.29 is 9.90 Å². The molecule has 0 fully saturated rings. The summed E-state index contributed by atoms with van der Waals surface area (Å²) in [5, 5.41) is 11.2. The first-order valence-corrected chi connectivity index (χ1v) is 7.32. The highest BCUT2D eigenvalue weighted by Crippen LogP contribution is 2.18. The van der Waals surface area contributed by atoms with E-state index in [2.05, 4.69) is 12.2 Å². The molecule has 0 aromatic heterocycles. The summed E-state index contributed by atoms with van der Waals surface area (Å²) in [6.45, 7) is 2.23. The van der Waals surface area contributed by atoms with Crippen LogP contribution in [0.5, 0.6) is 0 Å². The van der Waals surface area contributed by atoms with Gasteiger partial charge >= 0.3 is 6.09 Å². The number of carbonyl (C=O) groups is 1. The Bertz CT molecular complexity index is 377. The van der Waals surface area contributed by atoms with Gasteiger partial charge in [-0.05, 0) is 24.5 Å². The first-order chi connectivity index (χ1) is 9.24. The number of hydrogen-bond donors (Lipinski definition) is 2. The van der Waals surface area contributed by atoms with Gasteiger partial charge in [0.1, 0.15) is 0 Å². The molecule has 1 aromatic rings. The molecule has 1 rings (SSSR count). The van der Waals surface area contributed by atoms with Crippen LogP contribution in [0, 0.1) is 0 Å². The van der Waals surface area contributed by atoms with E-state index in [0.717, 1.165) is 24.1 Å². The molecular formula is C16H25NO2. The van der Waals surface area contributed by atoms with Gasteiger partial charge in [-0.25, -0.2) is 4.79 Å². The zero-order chi connectivity index (χ0) is 13.9. The molecule has 0 saturated heterocycles. The van der Waals surface area contributed by atoms with E-state index in [1.807, 2.05) is 24.3 Å². The van der Waals surface area contributed by atoms with Crippen molar-refractivity contribution >= 4 is 11.8 Å². The summed E-state index contributed by atoms with van der Waals surface area (Å²) in [7, 11) is 0. The van der Waals surface area contributed by atoms with Crippen LogP contribution in [0.2, 0.25) is 0 Å². The SMILES string of the molecule is CCCCCCCCCc1ccccc1NC(=O)O. The van der Waals surface area contributed by atoms with Gasteiger partial charge in [0.2, 0.25) is 0 Å². The predicted octanol–water partition coefficient (Wildman–Crippen LogP) is 5.07. The molecule has 0 aliphatic rings. The zero-order valence-corrected chi connectivity index (χ0v) is 11.8. The first kappa shape index (κ1) is 15.5. The van der Waals surface area contributed by atoms with E-state index in [1.54, 1.807) is 0 Å². The van der Waals surface area contributed by atoms with Crippen LogP contribution < -0.4 is 5.32 Å². The van der Waals surface area contributed by atoms with E-state index in [4.69, 9.17) is 5.11 Å². The lowest BCUT2D eigenvalue weighted by Gasteiger charge is -2.08. The van der Waals surface area contributed by atoms with Crippen LogP contribution in [-0.2, 0) is 6.42 Å². The molecule has 3 nitrogen and oxygen atoms in total. The summed E-state index contributed by atoms with van der Waals surface area (Å²) in [4.78, 5) is 10.7. The molecule has 0 aliphatic carbocycles. The van der Waals surface area contributed by atoms with Crippen molar-refractivity contribution in [2.75, 3.05) is 5.32 Å². The second-order valence-corrected chi connectivity index (χ2v) is 4.96. The van der Waals surface area contributed by atoms with E-state index in [-0.39, 0.29) is 0 Å². The lowest BCUT2D eigenvalue weighted by Crippen LogP contribution is -2.09. The lowest BCUT2D eigenvalue weighted by atomic mass is 10.0. The maximum Gasteiger partial charge on any atom is 0.409 e. The van der Waals surface area contributed by atoms with E-state index < -0.39 is 6.09 Å². The van der Waals surface area contributed by atoms with Gasteiger partial charge in [0.15, 0.2) is 0 Å². The van der Waals surface area contributed by atoms with Gasteiger partial charge in [-0.15, -0.1) is 0 Å². The maximum atomic E-state index is 10.7. The molecule has 0 aliphatic heterocycles. The van der Waals surface area contributed by atoms with Crippen molar-refractivity contribution in [1.82, 2.24) is 0 Å². The number of anilines is 1. The molecule has 0 radical (unpaired) electrons. The third-order valence-electron chi connectivity index (χ3n) is 3.31. The molecule has 1 amide bonds. The number of amides is 1. The molecular weight excluding hydrogens is 238 g/mol. The quantitative estimate of drug-likeness (QED) is 0.611. The van der Waals surface area contributed by atoms with Gasteiger partial charge < -0.3 is 5.11 Å². The van der Waals surface area contributed by atoms with E-state index in [0.29, 0.717) is 0 Å². The van der Waals surface area contributed by atoms with Crippen LogP contribution >= 0.6 is 0 Å². The van der Waals surface area contributed by atoms with Gasteiger partial charge in [-0.3, -0.25) is 5.32 Å². The molecule has 0 atom stereocenters. The fourth-order valence-electron chi connectivity index (χ4n) is 2.25. The number of benzene rings is 1. The van der Waals surface area contributed by atoms with E-state index >= 15 is 0 Å². The first-order valence-electron chi connectivity index (χ1n) is 7.32. The molecule has 0 heterocycles. The molecule has 0 bridgehead atoms. The minimum absolute atomic E-state index is 0.723. The number of rotatable bonds is 9. The van der Waals surface area contributed by atoms with Crippen molar-refractivity contribution in [3.05, 3.63) is 29.8 Å². The summed E-state index contributed by atoms with van der Waals surface area (Å²) < 4.78 is 0. The molecule has 2 N–H and O–H groups in total. The predicted molar refractivity (Wildman–Crippen MR) is 79.8 cm³/mol. The van der Waals surface area contributed by atoms with Crippen LogP contribution in [0.25, 0.3) is 0 Å². The van der Waals surface area contributed by atoms with Crippen molar-refractivity contribution in [2.45, 2.75) is 58.3 Å². The molecule has 19 heavy (non-hydrogen) atoms. The van der Waals surface area contributed by atoms with Crippen LogP contribution in [0.3, 0.4) is 0 Å². The molecule has 0 unspecified atom stereocenters. The normalized spacial score (nSPS) is 10.4. The van der Waals surface area contributed by atoms with Crippen LogP contribution in [-0.4, -0.2) is 11.2 Å². The smallest absolute Gasteiger partial charge is 0.409 e. The third-order valence-corrected chi connectivity index (χ3v) is 3.31. The Hall–Kier alpha value is -1.51. The van der Waals surface area contributed by atoms with Gasteiger partial charge in [0, 0.05) is 5.69 Å². The average molecular weight is 263 g/mol. The van der Waals surface area contributed by atoms with E-state index in [9.17, 15) is 4.79 Å². The number of nitrogens with one attached hydrogen (secondary N) is 1. The number of carboxylic acid groups (broad SMARTS) is 1. The van der Waals surface area contributed by atoms with Crippen molar-refractivity contribution in [1.29, 1.82) is 0 Å². The fourth-order valence-corrected chi connectivity index (χ4v) is 2.25. The summed E-state index contributed by atoms with van der Waals surface area (Å²) in [6.07, 6.45) is 8.89. The van der Waals surface area contributed by atoms with Gasteiger partial charge in [0.25, 0.3) is 0 Å². The average Bonchev–Trinajstić information content (AvgIpc) is 2.39. The van der Waals surface area contributed by atoms with E-state index in [1.165, 1.54) is 38.5 Å². The summed E-state index contributed by atoms with van der Waals surface area (Å²) in [5.41, 5.74) is 1.82. The molecule has 1 aromatic carbocycles. The topological polar surface area (TPSA) is 49.3 Å². The highest BCUT2D eigenvalue weighted by atomic mass is 16.4. The Labute approximate surface area is 116 Å². The zero-order valence-electron chi connectivity index (χ0n) is 11.8. The standard InChI is InChI=1S/C16H25NO2/c1-2-3-4-5-6-7-8-11-14-12-9-10-13-15(14)17-16(18)19/h9-10,12-13,17H,2-8,11H2,1H3,(H,18,19). The number of hydrogen-bond acceptors (Lipinski definition) is 1. The highest BCUT2D eigenvalue weighted by Gasteiger charge is 2.04. The molecule has 106 valence electrons. The van der Waals surface area contributed by atoms with Crippen LogP contribution in [0.15, 0.2) is 24.3 Å². The third kappa shape index (κ3) is 6.85. The van der Waals surface area contributed by atoms with Gasteiger partial charge in [0.05, 0.1) is 0 Å². The minimum Gasteiger partial charge on any atom is -0.465 e. The van der Waals surface area contributed by atoms with Crippen molar-refractivity contribution in [3.8, 4) is 0 Å². The molecule has 0 spiro atoms. The Morgan fingerprint density at radius 1 is 1.05 bits per heavy atom. The van der Waals surface area contributed by atoms with Crippen LogP contribution in [0.4, 0.5) is 10.5 Å². The highest BCUT2D eigenvalue weighted by molar-refractivity contribution is 5.83. The summed E-state index contributed by atoms with van der Waals surface area (Å²) in [5.74, 6) is 0. The van der Waals surface area contributed by atoms with Crippen molar-refractivity contribution in [3.63, 3.8) is 0 Å². The Morgan fingerprint density at radius 3 is 2.37 bits per heavy atom. The fraction of sp³-hybridized carbons (Fsp3) is 0.562. The molecule has 0 saturated carbocycles. The second kappa shape index (κ2) is 9.42. The van der Waals surface area contributed by atoms with Gasteiger partial charge in [-0.2, -0.15) is 0 Å². The second-order valence-electron chi connectivity index (χ2n) is 4.96. The number of para-hydroxylation sites is 1. The van der Waals surface area contributed by atoms with Gasteiger partial charge in [-0.1, -0.05) is 63.6 Å². The maximum absolute atomic E-state index is 10.7. The Kier molecular flexibility index (Phi) is 7.71. The monoisotopic (exact) mass is 263 g/mol.